The van der Waals surface area contributed by atoms with Crippen molar-refractivity contribution >= 4 is 5.97 Å². The molecule has 6 nitrogen and oxygen atoms in total. The number of allylic oxidation sites excluding steroid dienone is 1. The molecule has 0 unspecified atom stereocenters. The number of hydrogen-bond donors (Lipinski definition) is 5. The fourth-order valence-electron chi connectivity index (χ4n) is 10.8. The van der Waals surface area contributed by atoms with E-state index in [2.05, 4.69) is 40.7 Å². The third-order valence-electron chi connectivity index (χ3n) is 13.3. The molecule has 0 radical (unpaired) electrons. The Bertz CT molecular complexity index is 974. The molecule has 0 aliphatic heterocycles. The fourth-order valence-corrected chi connectivity index (χ4v) is 10.8. The zero-order chi connectivity index (χ0) is 26.7. The summed E-state index contributed by atoms with van der Waals surface area (Å²) in [5.74, 6) is -1.19. The first-order valence-corrected chi connectivity index (χ1v) is 14.1. The maximum absolute atomic E-state index is 12.8. The van der Waals surface area contributed by atoms with Gasteiger partial charge >= 0.3 is 5.97 Å². The molecule has 0 aromatic heterocycles. The van der Waals surface area contributed by atoms with Gasteiger partial charge in [0.1, 0.15) is 0 Å². The lowest BCUT2D eigenvalue weighted by Crippen LogP contribution is -2.70. The molecule has 11 atom stereocenters. The molecule has 5 aliphatic rings. The molecule has 4 saturated carbocycles. The van der Waals surface area contributed by atoms with Gasteiger partial charge in [0.15, 0.2) is 0 Å². The van der Waals surface area contributed by atoms with Crippen LogP contribution in [0.3, 0.4) is 0 Å². The van der Waals surface area contributed by atoms with Gasteiger partial charge in [0.05, 0.1) is 30.3 Å². The fraction of sp³-hybridized carbons (Fsp3) is 0.900. The molecule has 36 heavy (non-hydrogen) atoms. The van der Waals surface area contributed by atoms with Crippen LogP contribution in [0.15, 0.2) is 11.6 Å². The minimum atomic E-state index is -0.937. The van der Waals surface area contributed by atoms with Crippen LogP contribution in [0.25, 0.3) is 0 Å². The van der Waals surface area contributed by atoms with Crippen LogP contribution in [0.4, 0.5) is 0 Å². The average Bonchev–Trinajstić information content (AvgIpc) is 2.79. The van der Waals surface area contributed by atoms with Crippen molar-refractivity contribution in [2.75, 3.05) is 6.61 Å². The summed E-state index contributed by atoms with van der Waals surface area (Å²) in [5, 5.41) is 55.3. The Hall–Kier alpha value is -0.950. The van der Waals surface area contributed by atoms with E-state index in [0.717, 1.165) is 24.8 Å². The predicted molar refractivity (Wildman–Crippen MR) is 137 cm³/mol. The minimum absolute atomic E-state index is 0.155. The van der Waals surface area contributed by atoms with Gasteiger partial charge in [-0.2, -0.15) is 0 Å². The van der Waals surface area contributed by atoms with Crippen molar-refractivity contribution < 1.29 is 30.3 Å². The van der Waals surface area contributed by atoms with E-state index in [1.807, 2.05) is 6.92 Å². The lowest BCUT2D eigenvalue weighted by atomic mass is 9.33. The van der Waals surface area contributed by atoms with Gasteiger partial charge in [0.2, 0.25) is 0 Å². The molecule has 5 N–H and O–H groups in total. The van der Waals surface area contributed by atoms with Crippen LogP contribution in [-0.2, 0) is 4.79 Å². The second-order valence-electron chi connectivity index (χ2n) is 15.0. The van der Waals surface area contributed by atoms with Gasteiger partial charge in [0, 0.05) is 17.3 Å². The SMILES string of the molecule is CC1(C)CC[C@]2(C(=O)O)CC[C@]3(C)C(=CC[C@@H]4[C@@]5(C)CC[C@H](O)[C@](C)(CO)[C@@H]5[C@H](O)C[C@]43C)[C@@H]2[C@@H]1O. The molecular formula is C30H48O6. The predicted octanol–water partition coefficient (Wildman–Crippen LogP) is 4.15. The van der Waals surface area contributed by atoms with Crippen molar-refractivity contribution in [1.82, 2.24) is 0 Å². The monoisotopic (exact) mass is 504 g/mol. The molecule has 0 aromatic rings. The lowest BCUT2D eigenvalue weighted by molar-refractivity contribution is -0.254. The van der Waals surface area contributed by atoms with Gasteiger partial charge in [-0.15, -0.1) is 0 Å². The Morgan fingerprint density at radius 3 is 2.22 bits per heavy atom. The first-order chi connectivity index (χ1) is 16.5. The highest BCUT2D eigenvalue weighted by Crippen LogP contribution is 2.75. The number of carboxylic acid groups (broad SMARTS) is 1. The number of hydrogen-bond acceptors (Lipinski definition) is 5. The Balaban J connectivity index is 1.65. The van der Waals surface area contributed by atoms with Crippen LogP contribution in [0, 0.1) is 50.2 Å². The van der Waals surface area contributed by atoms with Crippen LogP contribution >= 0.6 is 0 Å². The summed E-state index contributed by atoms with van der Waals surface area (Å²) in [5.41, 5.74) is -1.83. The van der Waals surface area contributed by atoms with Crippen molar-refractivity contribution in [2.24, 2.45) is 50.2 Å². The van der Waals surface area contributed by atoms with E-state index in [0.29, 0.717) is 32.1 Å². The van der Waals surface area contributed by atoms with Crippen molar-refractivity contribution in [2.45, 2.75) is 111 Å². The molecule has 4 fully saturated rings. The standard InChI is InChI=1S/C30H48O6/c1-25(2)11-13-30(24(35)36)14-12-28(5)17(21(30)23(25)34)7-8-19-26(3)10-9-20(33)27(4,16-31)22(26)18(32)15-29(19,28)6/h7,18-23,31-34H,8-16H2,1-6H3,(H,35,36)/t18-,19-,20+,21-,22-,23+,26-,27+,28-,29-,30+/m1/s1. The van der Waals surface area contributed by atoms with E-state index in [4.69, 9.17) is 0 Å². The van der Waals surface area contributed by atoms with Gasteiger partial charge in [-0.05, 0) is 78.9 Å². The minimum Gasteiger partial charge on any atom is -0.481 e. The summed E-state index contributed by atoms with van der Waals surface area (Å²) in [6.45, 7) is 12.7. The van der Waals surface area contributed by atoms with Crippen molar-refractivity contribution in [3.63, 3.8) is 0 Å². The van der Waals surface area contributed by atoms with Crippen LogP contribution in [0.1, 0.15) is 92.9 Å². The first-order valence-electron chi connectivity index (χ1n) is 14.1. The number of aliphatic hydroxyl groups excluding tert-OH is 4. The van der Waals surface area contributed by atoms with Crippen molar-refractivity contribution in [1.29, 1.82) is 0 Å². The smallest absolute Gasteiger partial charge is 0.310 e. The van der Waals surface area contributed by atoms with Crippen molar-refractivity contribution in [3.05, 3.63) is 11.6 Å². The number of aliphatic carboxylic acids is 1. The van der Waals surface area contributed by atoms with Gasteiger partial charge < -0.3 is 25.5 Å². The van der Waals surface area contributed by atoms with Gasteiger partial charge in [-0.3, -0.25) is 4.79 Å². The zero-order valence-electron chi connectivity index (χ0n) is 23.0. The second-order valence-corrected chi connectivity index (χ2v) is 15.0. The molecule has 0 aromatic carbocycles. The third kappa shape index (κ3) is 2.96. The maximum atomic E-state index is 12.8. The Kier molecular flexibility index (Phi) is 5.77. The second kappa shape index (κ2) is 7.80. The van der Waals surface area contributed by atoms with E-state index < -0.39 is 41.0 Å². The maximum Gasteiger partial charge on any atom is 0.310 e. The van der Waals surface area contributed by atoms with Crippen LogP contribution in [-0.4, -0.2) is 56.4 Å². The summed E-state index contributed by atoms with van der Waals surface area (Å²) in [6, 6.07) is 0. The number of aliphatic hydroxyl groups is 4. The summed E-state index contributed by atoms with van der Waals surface area (Å²) in [4.78, 5) is 12.8. The van der Waals surface area contributed by atoms with Crippen LogP contribution in [0.2, 0.25) is 0 Å². The molecular weight excluding hydrogens is 456 g/mol. The Morgan fingerprint density at radius 2 is 1.61 bits per heavy atom. The highest BCUT2D eigenvalue weighted by Gasteiger charge is 2.72. The Labute approximate surface area is 216 Å². The van der Waals surface area contributed by atoms with E-state index in [-0.39, 0.29) is 40.1 Å². The number of rotatable bonds is 2. The first kappa shape index (κ1) is 26.6. The summed E-state index contributed by atoms with van der Waals surface area (Å²) in [7, 11) is 0. The molecule has 0 saturated heterocycles. The summed E-state index contributed by atoms with van der Waals surface area (Å²) < 4.78 is 0. The molecule has 6 heteroatoms. The largest absolute Gasteiger partial charge is 0.481 e. The van der Waals surface area contributed by atoms with Crippen LogP contribution < -0.4 is 0 Å². The highest BCUT2D eigenvalue weighted by molar-refractivity contribution is 5.77. The molecule has 0 bridgehead atoms. The molecule has 204 valence electrons. The number of carboxylic acids is 1. The summed E-state index contributed by atoms with van der Waals surface area (Å²) in [6.07, 6.45) is 5.52. The average molecular weight is 505 g/mol. The van der Waals surface area contributed by atoms with E-state index in [9.17, 15) is 30.3 Å². The van der Waals surface area contributed by atoms with Gasteiger partial charge in [-0.25, -0.2) is 0 Å². The molecule has 5 aliphatic carbocycles. The van der Waals surface area contributed by atoms with Crippen molar-refractivity contribution in [3.8, 4) is 0 Å². The van der Waals surface area contributed by atoms with E-state index in [1.165, 1.54) is 0 Å². The quantitative estimate of drug-likeness (QED) is 0.361. The van der Waals surface area contributed by atoms with Gasteiger partial charge in [-0.1, -0.05) is 53.2 Å². The third-order valence-corrected chi connectivity index (χ3v) is 13.3. The van der Waals surface area contributed by atoms with Crippen LogP contribution in [0.5, 0.6) is 0 Å². The highest BCUT2D eigenvalue weighted by atomic mass is 16.4. The molecule has 5 rings (SSSR count). The normalized spacial score (nSPS) is 55.9. The van der Waals surface area contributed by atoms with E-state index >= 15 is 0 Å². The summed E-state index contributed by atoms with van der Waals surface area (Å²) >= 11 is 0. The topological polar surface area (TPSA) is 118 Å². The molecule has 0 spiro atoms. The number of fused-ring (bicyclic) bond motifs is 7. The Morgan fingerprint density at radius 1 is 0.972 bits per heavy atom. The number of carbonyl (C=O) groups is 1. The van der Waals surface area contributed by atoms with Gasteiger partial charge in [0.25, 0.3) is 0 Å². The van der Waals surface area contributed by atoms with E-state index in [1.54, 1.807) is 0 Å². The zero-order valence-corrected chi connectivity index (χ0v) is 23.0. The molecule has 0 heterocycles. The lowest BCUT2D eigenvalue weighted by Gasteiger charge is -2.72. The molecule has 0 amide bonds.